The summed E-state index contributed by atoms with van der Waals surface area (Å²) in [4.78, 5) is 14.1. The summed E-state index contributed by atoms with van der Waals surface area (Å²) in [5.41, 5.74) is 0.388. The number of nitrogens with zero attached hydrogens (tertiary/aromatic N) is 1. The van der Waals surface area contributed by atoms with Crippen molar-refractivity contribution in [1.82, 2.24) is 10.2 Å². The normalized spacial score (nSPS) is 22.3. The van der Waals surface area contributed by atoms with Gasteiger partial charge in [-0.05, 0) is 49.5 Å². The highest BCUT2D eigenvalue weighted by atomic mass is 16.2. The van der Waals surface area contributed by atoms with E-state index in [1.165, 1.54) is 12.8 Å². The van der Waals surface area contributed by atoms with E-state index in [0.29, 0.717) is 17.9 Å². The molecule has 104 valence electrons. The number of piperidine rings is 1. The predicted octanol–water partition coefficient (Wildman–Crippen LogP) is 2.27. The number of rotatable bonds is 4. The molecule has 3 nitrogen and oxygen atoms in total. The molecule has 1 aliphatic heterocycles. The molecule has 0 aromatic rings. The summed E-state index contributed by atoms with van der Waals surface area (Å²) >= 11 is 0. The lowest BCUT2D eigenvalue weighted by Crippen LogP contribution is -2.45. The number of carbonyl (C=O) groups excluding carboxylic acids is 1. The molecule has 1 aliphatic carbocycles. The molecule has 18 heavy (non-hydrogen) atoms. The average Bonchev–Trinajstić information content (AvgIpc) is 3.12. The standard InChI is InChI=1S/C15H28N2O/c1-15(2,3)13-6-8-17(9-7-13)14(18)11-16-10-12-4-5-12/h12-13,16H,4-11H2,1-3H3. The van der Waals surface area contributed by atoms with Crippen molar-refractivity contribution in [2.24, 2.45) is 17.3 Å². The van der Waals surface area contributed by atoms with Crippen LogP contribution in [-0.2, 0) is 4.79 Å². The summed E-state index contributed by atoms with van der Waals surface area (Å²) in [7, 11) is 0. The SMILES string of the molecule is CC(C)(C)C1CCN(C(=O)CNCC2CC2)CC1. The van der Waals surface area contributed by atoms with Crippen LogP contribution in [0.15, 0.2) is 0 Å². The zero-order chi connectivity index (χ0) is 13.2. The second-order valence-electron chi connectivity index (χ2n) is 7.10. The van der Waals surface area contributed by atoms with E-state index in [0.717, 1.165) is 44.3 Å². The van der Waals surface area contributed by atoms with E-state index in [2.05, 4.69) is 26.1 Å². The molecule has 0 atom stereocenters. The molecule has 0 aromatic heterocycles. The van der Waals surface area contributed by atoms with Crippen molar-refractivity contribution in [3.05, 3.63) is 0 Å². The van der Waals surface area contributed by atoms with E-state index < -0.39 is 0 Å². The van der Waals surface area contributed by atoms with Crippen molar-refractivity contribution in [2.45, 2.75) is 46.5 Å². The van der Waals surface area contributed by atoms with Crippen LogP contribution in [0, 0.1) is 17.3 Å². The van der Waals surface area contributed by atoms with Gasteiger partial charge in [-0.25, -0.2) is 0 Å². The van der Waals surface area contributed by atoms with Gasteiger partial charge in [-0.1, -0.05) is 20.8 Å². The number of carbonyl (C=O) groups is 1. The Hall–Kier alpha value is -0.570. The van der Waals surface area contributed by atoms with Crippen LogP contribution in [-0.4, -0.2) is 37.0 Å². The van der Waals surface area contributed by atoms with E-state index in [-0.39, 0.29) is 0 Å². The second-order valence-corrected chi connectivity index (χ2v) is 7.10. The Morgan fingerprint density at radius 3 is 2.28 bits per heavy atom. The monoisotopic (exact) mass is 252 g/mol. The fraction of sp³-hybridized carbons (Fsp3) is 0.933. The van der Waals surface area contributed by atoms with Crippen LogP contribution in [0.4, 0.5) is 0 Å². The first-order valence-electron chi connectivity index (χ1n) is 7.45. The Balaban J connectivity index is 1.66. The number of nitrogens with one attached hydrogen (secondary N) is 1. The molecule has 1 N–H and O–H groups in total. The Kier molecular flexibility index (Phi) is 4.31. The molecule has 2 rings (SSSR count). The van der Waals surface area contributed by atoms with E-state index in [1.807, 2.05) is 4.90 Å². The van der Waals surface area contributed by atoms with Gasteiger partial charge in [-0.2, -0.15) is 0 Å². The number of hydrogen-bond donors (Lipinski definition) is 1. The molecule has 1 saturated carbocycles. The van der Waals surface area contributed by atoms with Gasteiger partial charge < -0.3 is 10.2 Å². The average molecular weight is 252 g/mol. The van der Waals surface area contributed by atoms with Crippen LogP contribution in [0.1, 0.15) is 46.5 Å². The van der Waals surface area contributed by atoms with Gasteiger partial charge in [0.15, 0.2) is 0 Å². The molecule has 2 aliphatic rings. The third-order valence-corrected chi connectivity index (χ3v) is 4.48. The summed E-state index contributed by atoms with van der Waals surface area (Å²) in [6, 6.07) is 0. The lowest BCUT2D eigenvalue weighted by molar-refractivity contribution is -0.132. The summed E-state index contributed by atoms with van der Waals surface area (Å²) in [5, 5.41) is 3.29. The van der Waals surface area contributed by atoms with Crippen LogP contribution in [0.5, 0.6) is 0 Å². The van der Waals surface area contributed by atoms with Crippen LogP contribution in [0.25, 0.3) is 0 Å². The highest BCUT2D eigenvalue weighted by Crippen LogP contribution is 2.34. The van der Waals surface area contributed by atoms with Crippen molar-refractivity contribution in [3.8, 4) is 0 Å². The summed E-state index contributed by atoms with van der Waals surface area (Å²) in [6.45, 7) is 10.4. The molecule has 0 bridgehead atoms. The quantitative estimate of drug-likeness (QED) is 0.832. The van der Waals surface area contributed by atoms with Gasteiger partial charge in [0.05, 0.1) is 6.54 Å². The third kappa shape index (κ3) is 3.98. The van der Waals surface area contributed by atoms with E-state index in [9.17, 15) is 4.79 Å². The predicted molar refractivity (Wildman–Crippen MR) is 74.4 cm³/mol. The van der Waals surface area contributed by atoms with Gasteiger partial charge in [-0.15, -0.1) is 0 Å². The zero-order valence-corrected chi connectivity index (χ0v) is 12.2. The van der Waals surface area contributed by atoms with E-state index in [1.54, 1.807) is 0 Å². The fourth-order valence-electron chi connectivity index (χ4n) is 2.81. The molecule has 1 amide bonds. The lowest BCUT2D eigenvalue weighted by Gasteiger charge is -2.38. The van der Waals surface area contributed by atoms with Gasteiger partial charge in [0.2, 0.25) is 5.91 Å². The van der Waals surface area contributed by atoms with Gasteiger partial charge in [0.25, 0.3) is 0 Å². The van der Waals surface area contributed by atoms with Gasteiger partial charge >= 0.3 is 0 Å². The molecule has 0 radical (unpaired) electrons. The minimum Gasteiger partial charge on any atom is -0.342 e. The Labute approximate surface area is 111 Å². The van der Waals surface area contributed by atoms with Gasteiger partial charge in [0, 0.05) is 13.1 Å². The fourth-order valence-corrected chi connectivity index (χ4v) is 2.81. The van der Waals surface area contributed by atoms with Crippen molar-refractivity contribution in [2.75, 3.05) is 26.2 Å². The Morgan fingerprint density at radius 1 is 1.17 bits per heavy atom. The van der Waals surface area contributed by atoms with E-state index in [4.69, 9.17) is 0 Å². The molecule has 2 fully saturated rings. The summed E-state index contributed by atoms with van der Waals surface area (Å²) in [6.07, 6.45) is 5.02. The molecule has 0 aromatic carbocycles. The number of amides is 1. The van der Waals surface area contributed by atoms with Gasteiger partial charge in [0.1, 0.15) is 0 Å². The van der Waals surface area contributed by atoms with Crippen LogP contribution < -0.4 is 5.32 Å². The summed E-state index contributed by atoms with van der Waals surface area (Å²) < 4.78 is 0. The lowest BCUT2D eigenvalue weighted by atomic mass is 9.75. The molecule has 0 spiro atoms. The molecular weight excluding hydrogens is 224 g/mol. The molecule has 0 unspecified atom stereocenters. The molecular formula is C15H28N2O. The number of likely N-dealkylation sites (tertiary alicyclic amines) is 1. The molecule has 1 heterocycles. The third-order valence-electron chi connectivity index (χ3n) is 4.48. The largest absolute Gasteiger partial charge is 0.342 e. The highest BCUT2D eigenvalue weighted by Gasteiger charge is 2.30. The first kappa shape index (κ1) is 13.9. The smallest absolute Gasteiger partial charge is 0.236 e. The highest BCUT2D eigenvalue weighted by molar-refractivity contribution is 5.78. The van der Waals surface area contributed by atoms with Crippen molar-refractivity contribution >= 4 is 5.91 Å². The minimum absolute atomic E-state index is 0.294. The second kappa shape index (κ2) is 5.60. The van der Waals surface area contributed by atoms with Crippen molar-refractivity contribution < 1.29 is 4.79 Å². The van der Waals surface area contributed by atoms with Crippen LogP contribution in [0.3, 0.4) is 0 Å². The van der Waals surface area contributed by atoms with E-state index >= 15 is 0 Å². The first-order chi connectivity index (χ1) is 8.47. The van der Waals surface area contributed by atoms with Crippen LogP contribution in [0.2, 0.25) is 0 Å². The maximum Gasteiger partial charge on any atom is 0.236 e. The maximum atomic E-state index is 12.0. The molecule has 1 saturated heterocycles. The Morgan fingerprint density at radius 2 is 1.78 bits per heavy atom. The van der Waals surface area contributed by atoms with Gasteiger partial charge in [-0.3, -0.25) is 4.79 Å². The molecule has 3 heteroatoms. The maximum absolute atomic E-state index is 12.0. The topological polar surface area (TPSA) is 32.3 Å². The number of hydrogen-bond acceptors (Lipinski definition) is 2. The zero-order valence-electron chi connectivity index (χ0n) is 12.2. The Bertz CT molecular complexity index is 283. The first-order valence-corrected chi connectivity index (χ1v) is 7.45. The minimum atomic E-state index is 0.294. The van der Waals surface area contributed by atoms with Crippen molar-refractivity contribution in [1.29, 1.82) is 0 Å². The van der Waals surface area contributed by atoms with Crippen molar-refractivity contribution in [3.63, 3.8) is 0 Å². The van der Waals surface area contributed by atoms with Crippen LogP contribution >= 0.6 is 0 Å². The summed E-state index contributed by atoms with van der Waals surface area (Å²) in [5.74, 6) is 1.91.